The second kappa shape index (κ2) is 5.42. The molecule has 1 aromatic heterocycles. The molecule has 3 rings (SSSR count). The summed E-state index contributed by atoms with van der Waals surface area (Å²) in [5, 5.41) is 19.9. The topological polar surface area (TPSA) is 77.8 Å². The number of hydrogen-bond donors (Lipinski definition) is 2. The van der Waals surface area contributed by atoms with E-state index in [0.29, 0.717) is 0 Å². The van der Waals surface area contributed by atoms with Crippen LogP contribution in [0.25, 0.3) is 0 Å². The number of carbonyl (C=O) groups excluding carboxylic acids is 1. The lowest BCUT2D eigenvalue weighted by molar-refractivity contribution is -0.136. The maximum absolute atomic E-state index is 12.3. The molecule has 2 heterocycles. The van der Waals surface area contributed by atoms with Gasteiger partial charge < -0.3 is 15.1 Å². The van der Waals surface area contributed by atoms with Crippen LogP contribution in [0.5, 0.6) is 0 Å². The number of amides is 1. The van der Waals surface area contributed by atoms with Crippen molar-refractivity contribution in [3.63, 3.8) is 0 Å². The Morgan fingerprint density at radius 2 is 2.00 bits per heavy atom. The summed E-state index contributed by atoms with van der Waals surface area (Å²) in [6.07, 6.45) is 3.84. The summed E-state index contributed by atoms with van der Waals surface area (Å²) < 4.78 is 0. The number of piperidine rings is 1. The Morgan fingerprint density at radius 3 is 2.52 bits per heavy atom. The van der Waals surface area contributed by atoms with E-state index in [1.807, 2.05) is 4.90 Å². The van der Waals surface area contributed by atoms with Crippen LogP contribution >= 0.6 is 11.3 Å². The number of aliphatic hydroxyl groups is 1. The van der Waals surface area contributed by atoms with Gasteiger partial charge in [-0.25, -0.2) is 4.79 Å². The van der Waals surface area contributed by atoms with Crippen molar-refractivity contribution in [1.29, 1.82) is 0 Å². The van der Waals surface area contributed by atoms with Crippen LogP contribution in [0.15, 0.2) is 11.4 Å². The van der Waals surface area contributed by atoms with Gasteiger partial charge in [0.2, 0.25) is 5.91 Å². The molecule has 1 aliphatic heterocycles. The third-order valence-corrected chi connectivity index (χ3v) is 5.68. The molecule has 1 aliphatic carbocycles. The van der Waals surface area contributed by atoms with Gasteiger partial charge in [-0.05, 0) is 37.2 Å². The van der Waals surface area contributed by atoms with Gasteiger partial charge in [0.05, 0.1) is 18.1 Å². The summed E-state index contributed by atoms with van der Waals surface area (Å²) in [6.45, 7) is 1.51. The molecule has 114 valence electrons. The highest BCUT2D eigenvalue weighted by Gasteiger charge is 2.45. The molecule has 2 fully saturated rings. The normalized spacial score (nSPS) is 21.3. The van der Waals surface area contributed by atoms with Crippen molar-refractivity contribution >= 4 is 23.2 Å². The van der Waals surface area contributed by atoms with E-state index in [4.69, 9.17) is 5.11 Å². The largest absolute Gasteiger partial charge is 0.478 e. The number of aliphatic hydroxyl groups excluding tert-OH is 1. The Hall–Kier alpha value is -1.40. The molecule has 1 spiro atoms. The molecule has 1 saturated heterocycles. The van der Waals surface area contributed by atoms with Crippen molar-refractivity contribution in [2.75, 3.05) is 13.1 Å². The first-order chi connectivity index (χ1) is 9.97. The smallest absolute Gasteiger partial charge is 0.336 e. The number of likely N-dealkylation sites (tertiary alicyclic amines) is 1. The van der Waals surface area contributed by atoms with Gasteiger partial charge in [0, 0.05) is 23.3 Å². The molecular weight excluding hydrogens is 290 g/mol. The molecule has 1 aromatic rings. The summed E-state index contributed by atoms with van der Waals surface area (Å²) in [7, 11) is 0. The minimum atomic E-state index is -0.951. The molecule has 0 radical (unpaired) electrons. The first-order valence-corrected chi connectivity index (χ1v) is 8.12. The first kappa shape index (κ1) is 14.5. The van der Waals surface area contributed by atoms with Crippen LogP contribution < -0.4 is 0 Å². The third kappa shape index (κ3) is 2.96. The third-order valence-electron chi connectivity index (χ3n) is 4.74. The van der Waals surface area contributed by atoms with Gasteiger partial charge in [-0.1, -0.05) is 0 Å². The van der Waals surface area contributed by atoms with Crippen LogP contribution in [0.2, 0.25) is 0 Å². The van der Waals surface area contributed by atoms with E-state index in [9.17, 15) is 14.7 Å². The van der Waals surface area contributed by atoms with Crippen LogP contribution in [-0.4, -0.2) is 46.2 Å². The Kier molecular flexibility index (Phi) is 3.75. The maximum atomic E-state index is 12.3. The van der Waals surface area contributed by atoms with Gasteiger partial charge >= 0.3 is 5.97 Å². The van der Waals surface area contributed by atoms with Crippen LogP contribution in [0.3, 0.4) is 0 Å². The van der Waals surface area contributed by atoms with E-state index in [1.54, 1.807) is 11.4 Å². The SMILES string of the molecule is O=C(O)c1csc(CC(=O)N2CCC3(CC2)CC(O)C3)c1. The van der Waals surface area contributed by atoms with Crippen molar-refractivity contribution in [3.05, 3.63) is 21.9 Å². The first-order valence-electron chi connectivity index (χ1n) is 7.24. The number of rotatable bonds is 3. The van der Waals surface area contributed by atoms with Gasteiger partial charge in [0.25, 0.3) is 0 Å². The van der Waals surface area contributed by atoms with Crippen LogP contribution in [-0.2, 0) is 11.2 Å². The van der Waals surface area contributed by atoms with E-state index < -0.39 is 5.97 Å². The fourth-order valence-electron chi connectivity index (χ4n) is 3.42. The minimum Gasteiger partial charge on any atom is -0.478 e. The molecule has 2 N–H and O–H groups in total. The number of carbonyl (C=O) groups is 2. The lowest BCUT2D eigenvalue weighted by Crippen LogP contribution is -2.50. The van der Waals surface area contributed by atoms with E-state index >= 15 is 0 Å². The molecule has 0 unspecified atom stereocenters. The number of carboxylic acid groups (broad SMARTS) is 1. The number of thiophene rings is 1. The summed E-state index contributed by atoms with van der Waals surface area (Å²) in [5.74, 6) is -0.878. The molecule has 1 saturated carbocycles. The van der Waals surface area contributed by atoms with Gasteiger partial charge in [0.15, 0.2) is 0 Å². The second-order valence-electron chi connectivity index (χ2n) is 6.23. The fraction of sp³-hybridized carbons (Fsp3) is 0.600. The van der Waals surface area contributed by atoms with Crippen molar-refractivity contribution in [2.45, 2.75) is 38.2 Å². The molecule has 21 heavy (non-hydrogen) atoms. The maximum Gasteiger partial charge on any atom is 0.336 e. The van der Waals surface area contributed by atoms with Crippen molar-refractivity contribution in [2.24, 2.45) is 5.41 Å². The van der Waals surface area contributed by atoms with E-state index in [1.165, 1.54) is 11.3 Å². The van der Waals surface area contributed by atoms with Crippen molar-refractivity contribution in [1.82, 2.24) is 4.90 Å². The zero-order valence-electron chi connectivity index (χ0n) is 11.7. The summed E-state index contributed by atoms with van der Waals surface area (Å²) in [5.41, 5.74) is 0.527. The lowest BCUT2D eigenvalue weighted by Gasteiger charge is -2.50. The summed E-state index contributed by atoms with van der Waals surface area (Å²) >= 11 is 1.32. The highest BCUT2D eigenvalue weighted by atomic mass is 32.1. The number of nitrogens with zero attached hydrogens (tertiary/aromatic N) is 1. The van der Waals surface area contributed by atoms with Crippen LogP contribution in [0, 0.1) is 5.41 Å². The molecule has 0 aromatic carbocycles. The zero-order chi connectivity index (χ0) is 15.0. The van der Waals surface area contributed by atoms with Crippen molar-refractivity contribution < 1.29 is 19.8 Å². The Morgan fingerprint density at radius 1 is 1.33 bits per heavy atom. The van der Waals surface area contributed by atoms with Crippen molar-refractivity contribution in [3.8, 4) is 0 Å². The Labute approximate surface area is 127 Å². The average Bonchev–Trinajstić information content (AvgIpc) is 2.86. The molecule has 1 amide bonds. The molecular formula is C15H19NO4S. The number of aromatic carboxylic acids is 1. The molecule has 2 aliphatic rings. The molecule has 0 atom stereocenters. The average molecular weight is 309 g/mol. The minimum absolute atomic E-state index is 0.0727. The Bertz CT molecular complexity index is 552. The number of hydrogen-bond acceptors (Lipinski definition) is 4. The van der Waals surface area contributed by atoms with Gasteiger partial charge in [-0.3, -0.25) is 4.79 Å². The highest BCUT2D eigenvalue weighted by molar-refractivity contribution is 7.10. The predicted molar refractivity (Wildman–Crippen MR) is 78.5 cm³/mol. The molecule has 6 heteroatoms. The number of carboxylic acids is 1. The van der Waals surface area contributed by atoms with Gasteiger partial charge in [0.1, 0.15) is 0 Å². The summed E-state index contributed by atoms with van der Waals surface area (Å²) in [4.78, 5) is 25.8. The quantitative estimate of drug-likeness (QED) is 0.892. The van der Waals surface area contributed by atoms with Gasteiger partial charge in [-0.2, -0.15) is 0 Å². The highest BCUT2D eigenvalue weighted by Crippen LogP contribution is 2.49. The van der Waals surface area contributed by atoms with Crippen LogP contribution in [0.4, 0.5) is 0 Å². The lowest BCUT2D eigenvalue weighted by atomic mass is 9.61. The molecule has 0 bridgehead atoms. The Balaban J connectivity index is 1.53. The standard InChI is InChI=1S/C15H19NO4S/c17-11-7-15(8-11)1-3-16(4-2-15)13(18)6-12-5-10(9-21-12)14(19)20/h5,9,11,17H,1-4,6-8H2,(H,19,20). The predicted octanol–water partition coefficient (Wildman–Crippen LogP) is 1.75. The zero-order valence-corrected chi connectivity index (χ0v) is 12.6. The monoisotopic (exact) mass is 309 g/mol. The van der Waals surface area contributed by atoms with E-state index in [0.717, 1.165) is 43.6 Å². The second-order valence-corrected chi connectivity index (χ2v) is 7.22. The van der Waals surface area contributed by atoms with Gasteiger partial charge in [-0.15, -0.1) is 11.3 Å². The fourth-order valence-corrected chi connectivity index (χ4v) is 4.27. The summed E-state index contributed by atoms with van der Waals surface area (Å²) in [6, 6.07) is 1.58. The van der Waals surface area contributed by atoms with Crippen LogP contribution in [0.1, 0.15) is 40.9 Å². The van der Waals surface area contributed by atoms with E-state index in [-0.39, 0.29) is 29.4 Å². The van der Waals surface area contributed by atoms with E-state index in [2.05, 4.69) is 0 Å². The molecule has 5 nitrogen and oxygen atoms in total.